The minimum absolute atomic E-state index is 0.00406. The number of aromatic nitrogens is 2. The molecule has 1 unspecified atom stereocenters. The highest BCUT2D eigenvalue weighted by molar-refractivity contribution is 5.95. The molecule has 7 heteroatoms. The molecule has 1 amide bonds. The maximum atomic E-state index is 12.8. The first-order valence-electron chi connectivity index (χ1n) is 8.43. The van der Waals surface area contributed by atoms with E-state index in [1.807, 2.05) is 31.9 Å². The Morgan fingerprint density at radius 2 is 2.08 bits per heavy atom. The largest absolute Gasteiger partial charge is 0.466 e. The zero-order valence-corrected chi connectivity index (χ0v) is 14.3. The van der Waals surface area contributed by atoms with E-state index in [0.29, 0.717) is 36.2 Å². The molecular weight excluding hydrogens is 308 g/mol. The van der Waals surface area contributed by atoms with Gasteiger partial charge in [0.05, 0.1) is 5.56 Å². The summed E-state index contributed by atoms with van der Waals surface area (Å²) >= 11 is 0. The van der Waals surface area contributed by atoms with Gasteiger partial charge in [0.15, 0.2) is 5.82 Å². The molecule has 1 atom stereocenters. The van der Waals surface area contributed by atoms with Crippen molar-refractivity contribution in [3.8, 4) is 0 Å². The number of likely N-dealkylation sites (N-methyl/N-ethyl adjacent to an activating group) is 1. The summed E-state index contributed by atoms with van der Waals surface area (Å²) in [5, 5.41) is 4.10. The van der Waals surface area contributed by atoms with E-state index in [9.17, 15) is 4.79 Å². The van der Waals surface area contributed by atoms with E-state index in [1.54, 1.807) is 0 Å². The van der Waals surface area contributed by atoms with Crippen molar-refractivity contribution in [3.63, 3.8) is 0 Å². The molecule has 1 aliphatic heterocycles. The summed E-state index contributed by atoms with van der Waals surface area (Å²) in [6.45, 7) is 5.68. The summed E-state index contributed by atoms with van der Waals surface area (Å²) in [7, 11) is 2.03. The van der Waals surface area contributed by atoms with Crippen LogP contribution in [0.5, 0.6) is 0 Å². The molecule has 2 aromatic rings. The van der Waals surface area contributed by atoms with E-state index in [0.717, 1.165) is 31.0 Å². The molecule has 24 heavy (non-hydrogen) atoms. The Balaban J connectivity index is 1.53. The van der Waals surface area contributed by atoms with Gasteiger partial charge < -0.3 is 13.8 Å². The minimum atomic E-state index is -0.0593. The van der Waals surface area contributed by atoms with Gasteiger partial charge in [0, 0.05) is 25.6 Å². The molecule has 0 aromatic carbocycles. The van der Waals surface area contributed by atoms with E-state index in [-0.39, 0.29) is 11.9 Å². The Labute approximate surface area is 140 Å². The third kappa shape index (κ3) is 2.73. The average Bonchev–Trinajstić information content (AvgIpc) is 3.19. The number of hydrogen-bond donors (Lipinski definition) is 0. The molecule has 1 aliphatic carbocycles. The van der Waals surface area contributed by atoms with Gasteiger partial charge in [0.1, 0.15) is 17.6 Å². The van der Waals surface area contributed by atoms with E-state index in [2.05, 4.69) is 15.0 Å². The molecule has 4 rings (SSSR count). The van der Waals surface area contributed by atoms with E-state index < -0.39 is 0 Å². The molecule has 0 bridgehead atoms. The normalized spacial score (nSPS) is 22.1. The van der Waals surface area contributed by atoms with Crippen LogP contribution in [0.25, 0.3) is 0 Å². The van der Waals surface area contributed by atoms with Crippen molar-refractivity contribution < 1.29 is 13.7 Å². The molecule has 128 valence electrons. The predicted octanol–water partition coefficient (Wildman–Crippen LogP) is 2.29. The summed E-state index contributed by atoms with van der Waals surface area (Å²) in [6, 6.07) is 1.75. The van der Waals surface area contributed by atoms with Gasteiger partial charge in [-0.15, -0.1) is 0 Å². The average molecular weight is 330 g/mol. The van der Waals surface area contributed by atoms with Crippen LogP contribution in [0.2, 0.25) is 0 Å². The fraction of sp³-hybridized carbons (Fsp3) is 0.588. The first kappa shape index (κ1) is 15.4. The predicted molar refractivity (Wildman–Crippen MR) is 85.7 cm³/mol. The molecule has 2 aromatic heterocycles. The number of rotatable bonds is 3. The highest BCUT2D eigenvalue weighted by atomic mass is 16.5. The van der Waals surface area contributed by atoms with Gasteiger partial charge >= 0.3 is 0 Å². The maximum Gasteiger partial charge on any atom is 0.257 e. The first-order chi connectivity index (χ1) is 11.5. The van der Waals surface area contributed by atoms with Gasteiger partial charge in [-0.05, 0) is 39.8 Å². The molecule has 0 radical (unpaired) electrons. The number of carbonyl (C=O) groups excluding carboxylic acids is 1. The smallest absolute Gasteiger partial charge is 0.257 e. The van der Waals surface area contributed by atoms with Crippen LogP contribution < -0.4 is 0 Å². The van der Waals surface area contributed by atoms with Gasteiger partial charge in [-0.3, -0.25) is 9.69 Å². The van der Waals surface area contributed by atoms with Gasteiger partial charge in [-0.2, -0.15) is 4.98 Å². The van der Waals surface area contributed by atoms with E-state index in [4.69, 9.17) is 8.94 Å². The Hall–Kier alpha value is -2.15. The summed E-state index contributed by atoms with van der Waals surface area (Å²) in [4.78, 5) is 21.4. The number of carbonyl (C=O) groups is 1. The lowest BCUT2D eigenvalue weighted by molar-refractivity contribution is 0.0487. The summed E-state index contributed by atoms with van der Waals surface area (Å²) in [5.41, 5.74) is 0.639. The van der Waals surface area contributed by atoms with Crippen molar-refractivity contribution in [1.82, 2.24) is 19.9 Å². The lowest BCUT2D eigenvalue weighted by Gasteiger charge is -2.37. The van der Waals surface area contributed by atoms with E-state index >= 15 is 0 Å². The number of furan rings is 1. The molecule has 2 aliphatic rings. The van der Waals surface area contributed by atoms with Gasteiger partial charge in [0.25, 0.3) is 5.91 Å². The third-order valence-corrected chi connectivity index (χ3v) is 4.89. The Morgan fingerprint density at radius 3 is 2.75 bits per heavy atom. The van der Waals surface area contributed by atoms with Gasteiger partial charge in [-0.25, -0.2) is 0 Å². The second-order valence-corrected chi connectivity index (χ2v) is 6.84. The standard InChI is InChI=1S/C17H22N4O3/c1-10-8-13(11(2)23-10)17(22)21-7-6-20(3)14(9-21)16-18-15(19-24-16)12-4-5-12/h8,12,14H,4-7,9H2,1-3H3. The summed E-state index contributed by atoms with van der Waals surface area (Å²) in [6.07, 6.45) is 2.28. The molecular formula is C17H22N4O3. The molecule has 3 heterocycles. The summed E-state index contributed by atoms with van der Waals surface area (Å²) in [5.74, 6) is 3.31. The Morgan fingerprint density at radius 1 is 1.29 bits per heavy atom. The number of aryl methyl sites for hydroxylation is 2. The van der Waals surface area contributed by atoms with Crippen molar-refractivity contribution in [3.05, 3.63) is 34.9 Å². The molecule has 0 N–H and O–H groups in total. The SMILES string of the molecule is Cc1cc(C(=O)N2CCN(C)C(c3nc(C4CC4)no3)C2)c(C)o1. The number of amides is 1. The second-order valence-electron chi connectivity index (χ2n) is 6.84. The Bertz CT molecular complexity index is 762. The van der Waals surface area contributed by atoms with Crippen molar-refractivity contribution in [2.24, 2.45) is 0 Å². The molecule has 7 nitrogen and oxygen atoms in total. The second kappa shape index (κ2) is 5.73. The molecule has 1 saturated heterocycles. The van der Waals surface area contributed by atoms with Crippen molar-refractivity contribution in [2.75, 3.05) is 26.7 Å². The van der Waals surface area contributed by atoms with Gasteiger partial charge in [0.2, 0.25) is 5.89 Å². The highest BCUT2D eigenvalue weighted by Crippen LogP contribution is 2.39. The van der Waals surface area contributed by atoms with E-state index in [1.165, 1.54) is 0 Å². The van der Waals surface area contributed by atoms with Crippen LogP contribution in [-0.4, -0.2) is 52.5 Å². The number of nitrogens with zero attached hydrogens (tertiary/aromatic N) is 4. The fourth-order valence-corrected chi connectivity index (χ4v) is 3.23. The molecule has 0 spiro atoms. The van der Waals surface area contributed by atoms with Crippen molar-refractivity contribution >= 4 is 5.91 Å². The van der Waals surface area contributed by atoms with Gasteiger partial charge in [-0.1, -0.05) is 5.16 Å². The van der Waals surface area contributed by atoms with Crippen LogP contribution >= 0.6 is 0 Å². The zero-order valence-electron chi connectivity index (χ0n) is 14.3. The lowest BCUT2D eigenvalue weighted by Crippen LogP contribution is -2.49. The number of hydrogen-bond acceptors (Lipinski definition) is 6. The van der Waals surface area contributed by atoms with Crippen molar-refractivity contribution in [2.45, 2.75) is 38.6 Å². The summed E-state index contributed by atoms with van der Waals surface area (Å²) < 4.78 is 11.0. The number of piperazine rings is 1. The fourth-order valence-electron chi connectivity index (χ4n) is 3.23. The monoisotopic (exact) mass is 330 g/mol. The lowest BCUT2D eigenvalue weighted by atomic mass is 10.1. The van der Waals surface area contributed by atoms with Crippen LogP contribution in [-0.2, 0) is 0 Å². The van der Waals surface area contributed by atoms with Crippen LogP contribution in [0.4, 0.5) is 0 Å². The molecule has 1 saturated carbocycles. The third-order valence-electron chi connectivity index (χ3n) is 4.89. The maximum absolute atomic E-state index is 12.8. The van der Waals surface area contributed by atoms with Crippen molar-refractivity contribution in [1.29, 1.82) is 0 Å². The quantitative estimate of drug-likeness (QED) is 0.859. The van der Waals surface area contributed by atoms with Crippen LogP contribution in [0, 0.1) is 13.8 Å². The van der Waals surface area contributed by atoms with Crippen LogP contribution in [0.1, 0.15) is 58.4 Å². The zero-order chi connectivity index (χ0) is 16.8. The molecule has 2 fully saturated rings. The van der Waals surface area contributed by atoms with Crippen LogP contribution in [0.15, 0.2) is 15.0 Å². The first-order valence-corrected chi connectivity index (χ1v) is 8.43. The topological polar surface area (TPSA) is 75.6 Å². The highest BCUT2D eigenvalue weighted by Gasteiger charge is 2.35. The van der Waals surface area contributed by atoms with Crippen LogP contribution in [0.3, 0.4) is 0 Å². The Kier molecular flexibility index (Phi) is 3.68. The minimum Gasteiger partial charge on any atom is -0.466 e.